The summed E-state index contributed by atoms with van der Waals surface area (Å²) >= 11 is 16.8. The summed E-state index contributed by atoms with van der Waals surface area (Å²) in [5.41, 5.74) is 0. The minimum Gasteiger partial charge on any atom is -0.481 e. The lowest BCUT2D eigenvalue weighted by atomic mass is 9.71. The predicted octanol–water partition coefficient (Wildman–Crippen LogP) is 0.973. The molecule has 0 saturated carbocycles. The summed E-state index contributed by atoms with van der Waals surface area (Å²) < 4.78 is 38.9. The van der Waals surface area contributed by atoms with Crippen molar-refractivity contribution in [3.63, 3.8) is 0 Å². The van der Waals surface area contributed by atoms with Crippen LogP contribution in [0.2, 0.25) is 0 Å². The number of carboxylic acid groups (broad SMARTS) is 3. The third kappa shape index (κ3) is 16.6. The largest absolute Gasteiger partial charge is 0.481 e. The van der Waals surface area contributed by atoms with Crippen LogP contribution in [0.25, 0.3) is 0 Å². The molecule has 2 heterocycles. The van der Waals surface area contributed by atoms with E-state index in [1.165, 1.54) is 0 Å². The van der Waals surface area contributed by atoms with E-state index in [0.29, 0.717) is 0 Å². The summed E-state index contributed by atoms with van der Waals surface area (Å²) in [7, 11) is 0. The molecule has 21 nitrogen and oxygen atoms in total. The molecule has 2 aliphatic heterocycles. The zero-order valence-electron chi connectivity index (χ0n) is 29.3. The van der Waals surface area contributed by atoms with Crippen LogP contribution in [-0.4, -0.2) is 134 Å². The van der Waals surface area contributed by atoms with Gasteiger partial charge >= 0.3 is 47.8 Å². The number of hydrogen-bond donors (Lipinski definition) is 5. The molecule has 2 rings (SSSR count). The minimum atomic E-state index is -2.29. The number of ether oxygens (including phenoxy) is 8. The molecule has 0 aliphatic carbocycles. The Balaban J connectivity index is 0.000000553. The van der Waals surface area contributed by atoms with Crippen molar-refractivity contribution in [1.82, 2.24) is 0 Å². The maximum atomic E-state index is 11.7. The third-order valence-electron chi connectivity index (χ3n) is 7.38. The van der Waals surface area contributed by atoms with Gasteiger partial charge in [-0.1, -0.05) is 34.8 Å². The number of nitrogens with one attached hydrogen (secondary N) is 1. The molecule has 0 spiro atoms. The van der Waals surface area contributed by atoms with E-state index in [-0.39, 0.29) is 6.61 Å². The van der Waals surface area contributed by atoms with Gasteiger partial charge in [-0.05, 0) is 5.92 Å². The van der Waals surface area contributed by atoms with E-state index < -0.39 is 144 Å². The van der Waals surface area contributed by atoms with Crippen LogP contribution in [-0.2, 0) is 76.3 Å². The molecule has 0 aromatic heterocycles. The SMILES string of the molecule is CC(=O)OC[C@@H]1OC(O)[C@H](CC(=O)O)[C@@H](CC(=O)O)[C@H]1CC(=O)O.CC(=O)OC[C@H]1OC(OC(=N)C(Cl)(Cl)Cl)[C@H](OC(C)=O)[C@@H](OC(C)=O)[C@@H]1OC(C)=O. The molecule has 2 fully saturated rings. The summed E-state index contributed by atoms with van der Waals surface area (Å²) in [6, 6.07) is 0. The Kier molecular flexibility index (Phi) is 19.3. The summed E-state index contributed by atoms with van der Waals surface area (Å²) in [6.45, 7) is 4.63. The van der Waals surface area contributed by atoms with Gasteiger partial charge in [-0.2, -0.15) is 0 Å². The lowest BCUT2D eigenvalue weighted by Crippen LogP contribution is -2.63. The van der Waals surface area contributed by atoms with Crippen molar-refractivity contribution in [2.75, 3.05) is 13.2 Å². The summed E-state index contributed by atoms with van der Waals surface area (Å²) in [4.78, 5) is 90.2. The first kappa shape index (κ1) is 48.0. The highest BCUT2D eigenvalue weighted by Crippen LogP contribution is 2.41. The van der Waals surface area contributed by atoms with E-state index in [0.717, 1.165) is 34.6 Å². The van der Waals surface area contributed by atoms with E-state index in [9.17, 15) is 43.5 Å². The lowest BCUT2D eigenvalue weighted by molar-refractivity contribution is -0.292. The number of aliphatic hydroxyl groups is 1. The Morgan fingerprint density at radius 3 is 1.41 bits per heavy atom. The third-order valence-corrected chi connectivity index (χ3v) is 7.89. The molecule has 24 heteroatoms. The molecule has 54 heavy (non-hydrogen) atoms. The second-order valence-electron chi connectivity index (χ2n) is 11.7. The summed E-state index contributed by atoms with van der Waals surface area (Å²) in [5, 5.41) is 44.8. The highest BCUT2D eigenvalue weighted by molar-refractivity contribution is 6.76. The fourth-order valence-corrected chi connectivity index (χ4v) is 5.59. The van der Waals surface area contributed by atoms with Gasteiger partial charge in [0.1, 0.15) is 19.3 Å². The van der Waals surface area contributed by atoms with E-state index in [2.05, 4.69) is 0 Å². The number of hydrogen-bond acceptors (Lipinski definition) is 18. The van der Waals surface area contributed by atoms with Gasteiger partial charge in [0.25, 0.3) is 3.79 Å². The number of rotatable bonds is 14. The molecule has 0 aromatic rings. The number of alkyl halides is 3. The maximum Gasteiger partial charge on any atom is 0.303 e. The molecule has 0 radical (unpaired) electrons. The van der Waals surface area contributed by atoms with Crippen LogP contribution in [0, 0.1) is 23.2 Å². The molecule has 10 atom stereocenters. The zero-order chi connectivity index (χ0) is 41.7. The monoisotopic (exact) mass is 839 g/mol. The Hall–Kier alpha value is -4.02. The van der Waals surface area contributed by atoms with Crippen LogP contribution >= 0.6 is 34.8 Å². The lowest BCUT2D eigenvalue weighted by Gasteiger charge is -2.44. The Labute approximate surface area is 321 Å². The van der Waals surface area contributed by atoms with E-state index in [4.69, 9.17) is 93.4 Å². The van der Waals surface area contributed by atoms with E-state index in [1.54, 1.807) is 0 Å². The van der Waals surface area contributed by atoms with Crippen LogP contribution in [0.1, 0.15) is 53.9 Å². The number of carbonyl (C=O) groups is 8. The number of carboxylic acids is 3. The van der Waals surface area contributed by atoms with Crippen molar-refractivity contribution in [2.45, 2.75) is 101 Å². The van der Waals surface area contributed by atoms with E-state index >= 15 is 0 Å². The number of esters is 5. The number of aliphatic carboxylic acids is 3. The second-order valence-corrected chi connectivity index (χ2v) is 13.9. The van der Waals surface area contributed by atoms with Gasteiger partial charge in [-0.3, -0.25) is 43.8 Å². The molecule has 2 unspecified atom stereocenters. The number of carbonyl (C=O) groups excluding carboxylic acids is 5. The first-order chi connectivity index (χ1) is 24.8. The van der Waals surface area contributed by atoms with Gasteiger partial charge in [0, 0.05) is 52.9 Å². The van der Waals surface area contributed by atoms with Gasteiger partial charge in [-0.15, -0.1) is 0 Å². The fourth-order valence-electron chi connectivity index (χ4n) is 5.46. The second kappa shape index (κ2) is 21.8. The highest BCUT2D eigenvalue weighted by atomic mass is 35.6. The van der Waals surface area contributed by atoms with Gasteiger partial charge in [0.2, 0.25) is 18.3 Å². The van der Waals surface area contributed by atoms with Crippen molar-refractivity contribution >= 4 is 88.5 Å². The first-order valence-corrected chi connectivity index (χ1v) is 16.7. The average molecular weight is 841 g/mol. The van der Waals surface area contributed by atoms with Gasteiger partial charge in [0.15, 0.2) is 18.5 Å². The molecule has 306 valence electrons. The van der Waals surface area contributed by atoms with Crippen molar-refractivity contribution in [2.24, 2.45) is 17.8 Å². The van der Waals surface area contributed by atoms with Crippen molar-refractivity contribution in [1.29, 1.82) is 5.41 Å². The van der Waals surface area contributed by atoms with Gasteiger partial charge < -0.3 is 58.3 Å². The molecular weight excluding hydrogens is 801 g/mol. The summed E-state index contributed by atoms with van der Waals surface area (Å²) in [5.74, 6) is -11.4. The van der Waals surface area contributed by atoms with Crippen molar-refractivity contribution < 1.29 is 96.7 Å². The molecule has 2 aliphatic rings. The van der Waals surface area contributed by atoms with Crippen molar-refractivity contribution in [3.05, 3.63) is 0 Å². The molecule has 0 amide bonds. The molecule has 0 bridgehead atoms. The van der Waals surface area contributed by atoms with Crippen LogP contribution in [0.5, 0.6) is 0 Å². The smallest absolute Gasteiger partial charge is 0.303 e. The van der Waals surface area contributed by atoms with E-state index in [1.807, 2.05) is 0 Å². The highest BCUT2D eigenvalue weighted by Gasteiger charge is 2.54. The minimum absolute atomic E-state index is 0.361. The van der Waals surface area contributed by atoms with Crippen molar-refractivity contribution in [3.8, 4) is 0 Å². The predicted molar refractivity (Wildman–Crippen MR) is 176 cm³/mol. The molecular formula is C30H40Cl3NO20. The average Bonchev–Trinajstić information content (AvgIpc) is 2.99. The first-order valence-electron chi connectivity index (χ1n) is 15.6. The maximum absolute atomic E-state index is 11.7. The Morgan fingerprint density at radius 1 is 0.574 bits per heavy atom. The number of halogens is 3. The van der Waals surface area contributed by atoms with Crippen LogP contribution in [0.3, 0.4) is 0 Å². The molecule has 5 N–H and O–H groups in total. The van der Waals surface area contributed by atoms with Crippen LogP contribution in [0.4, 0.5) is 0 Å². The normalized spacial score (nSPS) is 27.7. The standard InChI is InChI=1S/C16H20Cl3NO10.C14H20O10/c1-6(21)25-5-10-11(26-7(2)22)12(27-8(3)23)13(28-9(4)24)14(29-10)30-15(20)16(17,18)19;1-6(15)23-5-10-8(3-12(18)19)7(2-11(16)17)9(4-13(20)21)14(22)24-10/h10-14,20H,5H2,1-4H3;7-10,14,22H,2-5H2,1H3,(H,16,17)(H,18,19)(H,20,21)/t10-,11-,12+,13-,14?;7-,8+,9+,10-,14?/m10/s1. The Bertz CT molecular complexity index is 1400. The molecule has 0 aromatic carbocycles. The van der Waals surface area contributed by atoms with Crippen LogP contribution in [0.15, 0.2) is 0 Å². The quantitative estimate of drug-likeness (QED) is 0.0535. The Morgan fingerprint density at radius 2 is 0.981 bits per heavy atom. The number of aliphatic hydroxyl groups excluding tert-OH is 1. The molecule has 2 saturated heterocycles. The van der Waals surface area contributed by atoms with Gasteiger partial charge in [0.05, 0.1) is 18.9 Å². The zero-order valence-corrected chi connectivity index (χ0v) is 31.5. The summed E-state index contributed by atoms with van der Waals surface area (Å²) in [6.07, 6.45) is -11.5. The van der Waals surface area contributed by atoms with Crippen LogP contribution < -0.4 is 0 Å². The fraction of sp³-hybridized carbons (Fsp3) is 0.700. The topological polar surface area (TPSA) is 315 Å². The van der Waals surface area contributed by atoms with Gasteiger partial charge in [-0.25, -0.2) is 0 Å².